The highest BCUT2D eigenvalue weighted by Crippen LogP contribution is 2.43. The first-order valence-corrected chi connectivity index (χ1v) is 12.0. The second-order valence-corrected chi connectivity index (χ2v) is 8.65. The van der Waals surface area contributed by atoms with Crippen molar-refractivity contribution < 1.29 is 18.7 Å². The Labute approximate surface area is 214 Å². The summed E-state index contributed by atoms with van der Waals surface area (Å²) in [5, 5.41) is 3.93. The summed E-state index contributed by atoms with van der Waals surface area (Å²) in [5.74, 6) is 0.272. The van der Waals surface area contributed by atoms with Crippen LogP contribution in [0.4, 0.5) is 21.5 Å². The van der Waals surface area contributed by atoms with Crippen molar-refractivity contribution in [1.82, 2.24) is 0 Å². The highest BCUT2D eigenvalue weighted by atomic mass is 35.5. The number of benzene rings is 4. The van der Waals surface area contributed by atoms with Gasteiger partial charge >= 0.3 is 0 Å². The molecule has 0 saturated carbocycles. The van der Waals surface area contributed by atoms with Crippen LogP contribution in [-0.4, -0.2) is 12.5 Å². The lowest BCUT2D eigenvalue weighted by atomic mass is 10.00. The summed E-state index contributed by atoms with van der Waals surface area (Å²) in [5.41, 5.74) is 3.04. The van der Waals surface area contributed by atoms with Gasteiger partial charge in [-0.25, -0.2) is 4.39 Å². The lowest BCUT2D eigenvalue weighted by molar-refractivity contribution is -0.119. The highest BCUT2D eigenvalue weighted by molar-refractivity contribution is 6.31. The van der Waals surface area contributed by atoms with Crippen molar-refractivity contribution in [3.8, 4) is 11.5 Å². The van der Waals surface area contributed by atoms with Crippen molar-refractivity contribution >= 4 is 34.6 Å². The molecule has 1 aliphatic heterocycles. The third-order valence-electron chi connectivity index (χ3n) is 5.95. The van der Waals surface area contributed by atoms with Gasteiger partial charge in [-0.2, -0.15) is 0 Å². The summed E-state index contributed by atoms with van der Waals surface area (Å²) < 4.78 is 26.6. The third-order valence-corrected chi connectivity index (χ3v) is 6.32. The molecule has 4 aromatic rings. The smallest absolute Gasteiger partial charge is 0.258 e. The van der Waals surface area contributed by atoms with E-state index in [1.54, 1.807) is 36.4 Å². The van der Waals surface area contributed by atoms with Crippen molar-refractivity contribution in [2.75, 3.05) is 16.8 Å². The molecule has 36 heavy (non-hydrogen) atoms. The minimum Gasteiger partial charge on any atom is -0.490 e. The van der Waals surface area contributed by atoms with Crippen LogP contribution < -0.4 is 19.7 Å². The van der Waals surface area contributed by atoms with Crippen LogP contribution in [0, 0.1) is 5.82 Å². The molecule has 1 aliphatic rings. The molecular weight excluding hydrogens is 479 g/mol. The fraction of sp³-hybridized carbons (Fsp3) is 0.138. The Morgan fingerprint density at radius 2 is 1.61 bits per heavy atom. The lowest BCUT2D eigenvalue weighted by Gasteiger charge is -2.35. The molecule has 4 aromatic carbocycles. The van der Waals surface area contributed by atoms with Crippen LogP contribution in [0.5, 0.6) is 11.5 Å². The minimum atomic E-state index is -0.753. The molecule has 1 atom stereocenters. The summed E-state index contributed by atoms with van der Waals surface area (Å²) in [6.07, 6.45) is 0. The monoisotopic (exact) mass is 502 g/mol. The van der Waals surface area contributed by atoms with E-state index in [2.05, 4.69) is 5.32 Å². The van der Waals surface area contributed by atoms with E-state index in [0.29, 0.717) is 34.4 Å². The van der Waals surface area contributed by atoms with Gasteiger partial charge in [-0.15, -0.1) is 0 Å². The average Bonchev–Trinajstić information content (AvgIpc) is 2.89. The quantitative estimate of drug-likeness (QED) is 0.288. The first-order valence-electron chi connectivity index (χ1n) is 11.6. The Hall–Kier alpha value is -4.03. The molecule has 5 nitrogen and oxygen atoms in total. The molecule has 0 aliphatic carbocycles. The molecule has 0 fully saturated rings. The summed E-state index contributed by atoms with van der Waals surface area (Å²) in [7, 11) is 0. The van der Waals surface area contributed by atoms with E-state index in [9.17, 15) is 9.18 Å². The van der Waals surface area contributed by atoms with Gasteiger partial charge in [-0.1, -0.05) is 60.1 Å². The van der Waals surface area contributed by atoms with E-state index in [1.165, 1.54) is 11.0 Å². The van der Waals surface area contributed by atoms with Gasteiger partial charge in [-0.05, 0) is 55.0 Å². The maximum atomic E-state index is 14.8. The number of rotatable bonds is 7. The fourth-order valence-electron chi connectivity index (χ4n) is 4.23. The van der Waals surface area contributed by atoms with Gasteiger partial charge in [0.25, 0.3) is 5.91 Å². The number of ether oxygens (including phenoxy) is 2. The molecule has 1 unspecified atom stereocenters. The molecule has 0 spiro atoms. The van der Waals surface area contributed by atoms with Crippen LogP contribution in [0.2, 0.25) is 5.02 Å². The summed E-state index contributed by atoms with van der Waals surface area (Å²) >= 11 is 6.26. The molecule has 0 bridgehead atoms. The van der Waals surface area contributed by atoms with Gasteiger partial charge < -0.3 is 14.8 Å². The maximum absolute atomic E-state index is 14.8. The van der Waals surface area contributed by atoms with E-state index < -0.39 is 11.9 Å². The lowest BCUT2D eigenvalue weighted by Crippen LogP contribution is -2.39. The number of nitrogens with zero attached hydrogens (tertiary/aromatic N) is 1. The predicted octanol–water partition coefficient (Wildman–Crippen LogP) is 7.29. The van der Waals surface area contributed by atoms with Crippen LogP contribution in [0.3, 0.4) is 0 Å². The van der Waals surface area contributed by atoms with Crippen molar-refractivity contribution in [1.29, 1.82) is 0 Å². The Morgan fingerprint density at radius 3 is 2.39 bits per heavy atom. The van der Waals surface area contributed by atoms with Crippen LogP contribution in [0.25, 0.3) is 0 Å². The number of carbonyl (C=O) groups excluding carboxylic acids is 1. The zero-order valence-electron chi connectivity index (χ0n) is 19.6. The van der Waals surface area contributed by atoms with E-state index in [0.717, 1.165) is 11.3 Å². The van der Waals surface area contributed by atoms with E-state index in [4.69, 9.17) is 21.1 Å². The number of hydrogen-bond acceptors (Lipinski definition) is 4. The van der Waals surface area contributed by atoms with Crippen molar-refractivity contribution in [2.45, 2.75) is 19.6 Å². The number of para-hydroxylation sites is 3. The van der Waals surface area contributed by atoms with Gasteiger partial charge in [0, 0.05) is 10.6 Å². The largest absolute Gasteiger partial charge is 0.490 e. The molecule has 7 heteroatoms. The van der Waals surface area contributed by atoms with Gasteiger partial charge in [0.15, 0.2) is 11.5 Å². The first kappa shape index (κ1) is 23.7. The summed E-state index contributed by atoms with van der Waals surface area (Å²) in [6, 6.07) is 25.7. The maximum Gasteiger partial charge on any atom is 0.258 e. The van der Waals surface area contributed by atoms with Crippen LogP contribution in [0.1, 0.15) is 24.1 Å². The average molecular weight is 503 g/mol. The number of nitrogens with one attached hydrogen (secondary N) is 1. The minimum absolute atomic E-state index is 0.200. The van der Waals surface area contributed by atoms with Crippen molar-refractivity contribution in [3.05, 3.63) is 113 Å². The zero-order valence-corrected chi connectivity index (χ0v) is 20.3. The van der Waals surface area contributed by atoms with Gasteiger partial charge in [-0.3, -0.25) is 9.69 Å². The Balaban J connectivity index is 1.49. The van der Waals surface area contributed by atoms with Gasteiger partial charge in [0.05, 0.1) is 23.7 Å². The molecule has 0 radical (unpaired) electrons. The molecule has 182 valence electrons. The number of fused-ring (bicyclic) bond motifs is 1. The topological polar surface area (TPSA) is 50.8 Å². The van der Waals surface area contributed by atoms with Crippen molar-refractivity contribution in [3.63, 3.8) is 0 Å². The Morgan fingerprint density at radius 1 is 0.889 bits per heavy atom. The van der Waals surface area contributed by atoms with E-state index in [1.807, 2.05) is 55.5 Å². The Kier molecular flexibility index (Phi) is 6.78. The second kappa shape index (κ2) is 10.3. The number of halogens is 2. The predicted molar refractivity (Wildman–Crippen MR) is 140 cm³/mol. The Bertz CT molecular complexity index is 1410. The second-order valence-electron chi connectivity index (χ2n) is 8.24. The first-order chi connectivity index (χ1) is 17.6. The number of hydrogen-bond donors (Lipinski definition) is 1. The van der Waals surface area contributed by atoms with Crippen LogP contribution >= 0.6 is 11.6 Å². The van der Waals surface area contributed by atoms with Crippen LogP contribution in [-0.2, 0) is 11.4 Å². The fourth-order valence-corrected chi connectivity index (χ4v) is 4.42. The number of amides is 1. The molecule has 0 saturated heterocycles. The molecule has 5 rings (SSSR count). The molecule has 1 N–H and O–H groups in total. The molecule has 1 amide bonds. The molecule has 1 heterocycles. The standard InChI is InChI=1S/C29H24ClFN2O3/c1-2-35-27-17-19(15-16-26(27)36-18-20-9-3-4-10-21(20)30)28-29(34)33(24-13-7-5-11-22(24)31)25-14-8-6-12-23(25)32-28/h3-17,28,32H,2,18H2,1H3. The normalized spacial score (nSPS) is 14.7. The van der Waals surface area contributed by atoms with E-state index in [-0.39, 0.29) is 18.2 Å². The van der Waals surface area contributed by atoms with Crippen molar-refractivity contribution in [2.24, 2.45) is 0 Å². The van der Waals surface area contributed by atoms with Gasteiger partial charge in [0.2, 0.25) is 0 Å². The van der Waals surface area contributed by atoms with Crippen LogP contribution in [0.15, 0.2) is 91.0 Å². The number of anilines is 3. The summed E-state index contributed by atoms with van der Waals surface area (Å²) in [6.45, 7) is 2.57. The molecular formula is C29H24ClFN2O3. The van der Waals surface area contributed by atoms with E-state index >= 15 is 0 Å². The molecule has 0 aromatic heterocycles. The third kappa shape index (κ3) is 4.60. The highest BCUT2D eigenvalue weighted by Gasteiger charge is 2.36. The number of carbonyl (C=O) groups is 1. The summed E-state index contributed by atoms with van der Waals surface area (Å²) in [4.78, 5) is 15.2. The van der Waals surface area contributed by atoms with Gasteiger partial charge in [0.1, 0.15) is 18.5 Å². The SMILES string of the molecule is CCOc1cc(C2Nc3ccccc3N(c3ccccc3F)C2=O)ccc1OCc1ccccc1Cl. The zero-order chi connectivity index (χ0) is 25.1.